The Morgan fingerprint density at radius 3 is 2.40 bits per heavy atom. The van der Waals surface area contributed by atoms with Gasteiger partial charge in [0.2, 0.25) is 0 Å². The number of benzene rings is 2. The van der Waals surface area contributed by atoms with E-state index < -0.39 is 0 Å². The van der Waals surface area contributed by atoms with Gasteiger partial charge in [-0.2, -0.15) is 0 Å². The van der Waals surface area contributed by atoms with E-state index in [4.69, 9.17) is 9.26 Å². The van der Waals surface area contributed by atoms with Gasteiger partial charge in [-0.3, -0.25) is 4.79 Å². The van der Waals surface area contributed by atoms with Crippen molar-refractivity contribution in [2.45, 2.75) is 13.5 Å². The van der Waals surface area contributed by atoms with Crippen molar-refractivity contribution in [3.63, 3.8) is 0 Å². The maximum Gasteiger partial charge on any atom is 0.255 e. The third kappa shape index (κ3) is 4.60. The second kappa shape index (κ2) is 8.01. The molecule has 2 N–H and O–H groups in total. The third-order valence-electron chi connectivity index (χ3n) is 3.54. The van der Waals surface area contributed by atoms with Gasteiger partial charge in [0.05, 0.1) is 13.2 Å². The topological polar surface area (TPSA) is 76.4 Å². The van der Waals surface area contributed by atoms with E-state index >= 15 is 0 Å². The molecule has 1 aromatic heterocycles. The second-order valence-corrected chi connectivity index (χ2v) is 5.33. The lowest BCUT2D eigenvalue weighted by atomic mass is 10.2. The van der Waals surface area contributed by atoms with E-state index in [0.29, 0.717) is 18.7 Å². The molecule has 0 saturated heterocycles. The van der Waals surface area contributed by atoms with Crippen LogP contribution in [-0.2, 0) is 6.54 Å². The largest absolute Gasteiger partial charge is 0.494 e. The van der Waals surface area contributed by atoms with Crippen LogP contribution in [0.1, 0.15) is 23.0 Å². The minimum Gasteiger partial charge on any atom is -0.494 e. The number of nitrogens with one attached hydrogen (secondary N) is 2. The lowest BCUT2D eigenvalue weighted by Gasteiger charge is -2.08. The molecule has 6 heteroatoms. The fraction of sp³-hybridized carbons (Fsp3) is 0.158. The molecule has 1 amide bonds. The van der Waals surface area contributed by atoms with Crippen LogP contribution in [0.3, 0.4) is 0 Å². The molecule has 0 atom stereocenters. The summed E-state index contributed by atoms with van der Waals surface area (Å²) in [4.78, 5) is 12.3. The first-order chi connectivity index (χ1) is 12.2. The quantitative estimate of drug-likeness (QED) is 0.683. The summed E-state index contributed by atoms with van der Waals surface area (Å²) in [6.45, 7) is 3.11. The van der Waals surface area contributed by atoms with E-state index in [1.807, 2.05) is 43.3 Å². The van der Waals surface area contributed by atoms with E-state index in [9.17, 15) is 4.79 Å². The normalized spacial score (nSPS) is 10.3. The summed E-state index contributed by atoms with van der Waals surface area (Å²) in [5.41, 5.74) is 3.03. The highest BCUT2D eigenvalue weighted by atomic mass is 16.5. The van der Waals surface area contributed by atoms with Crippen molar-refractivity contribution in [2.75, 3.05) is 17.2 Å². The minimum absolute atomic E-state index is 0.160. The Bertz CT molecular complexity index is 797. The molecule has 0 spiro atoms. The molecule has 0 aliphatic rings. The van der Waals surface area contributed by atoms with Crippen molar-refractivity contribution in [3.05, 3.63) is 72.1 Å². The van der Waals surface area contributed by atoms with Gasteiger partial charge in [-0.25, -0.2) is 0 Å². The highest BCUT2D eigenvalue weighted by Crippen LogP contribution is 2.17. The first-order valence-corrected chi connectivity index (χ1v) is 8.02. The molecule has 0 aliphatic carbocycles. The fourth-order valence-corrected chi connectivity index (χ4v) is 2.27. The van der Waals surface area contributed by atoms with Gasteiger partial charge < -0.3 is 19.9 Å². The van der Waals surface area contributed by atoms with Gasteiger partial charge in [0.15, 0.2) is 0 Å². The monoisotopic (exact) mass is 337 g/mol. The molecule has 1 heterocycles. The Morgan fingerprint density at radius 2 is 1.76 bits per heavy atom. The first-order valence-electron chi connectivity index (χ1n) is 8.02. The molecule has 0 radical (unpaired) electrons. The zero-order chi connectivity index (χ0) is 17.5. The average Bonchev–Trinajstić information content (AvgIpc) is 3.16. The van der Waals surface area contributed by atoms with Gasteiger partial charge >= 0.3 is 0 Å². The highest BCUT2D eigenvalue weighted by molar-refractivity contribution is 6.04. The number of ether oxygens (including phenoxy) is 1. The number of hydrogen-bond acceptors (Lipinski definition) is 5. The molecule has 0 aliphatic heterocycles. The number of carbonyl (C=O) groups is 1. The third-order valence-corrected chi connectivity index (χ3v) is 3.54. The Kier molecular flexibility index (Phi) is 5.31. The smallest absolute Gasteiger partial charge is 0.255 e. The number of anilines is 2. The number of carbonyl (C=O) groups excluding carboxylic acids is 1. The summed E-state index contributed by atoms with van der Waals surface area (Å²) < 4.78 is 10.2. The minimum atomic E-state index is -0.160. The SMILES string of the molecule is CCOc1ccc(NC(=O)c2ccc(NCc3ccon3)cc2)cc1. The molecule has 25 heavy (non-hydrogen) atoms. The molecular formula is C19H19N3O3. The lowest BCUT2D eigenvalue weighted by Crippen LogP contribution is -2.11. The summed E-state index contributed by atoms with van der Waals surface area (Å²) in [5.74, 6) is 0.621. The predicted octanol–water partition coefficient (Wildman–Crippen LogP) is 3.94. The number of rotatable bonds is 7. The van der Waals surface area contributed by atoms with Crippen LogP contribution in [0.25, 0.3) is 0 Å². The lowest BCUT2D eigenvalue weighted by molar-refractivity contribution is 0.102. The summed E-state index contributed by atoms with van der Waals surface area (Å²) >= 11 is 0. The molecule has 0 bridgehead atoms. The number of hydrogen-bond donors (Lipinski definition) is 2. The van der Waals surface area contributed by atoms with Crippen LogP contribution in [0.2, 0.25) is 0 Å². The van der Waals surface area contributed by atoms with Crippen LogP contribution in [-0.4, -0.2) is 17.7 Å². The fourth-order valence-electron chi connectivity index (χ4n) is 2.27. The van der Waals surface area contributed by atoms with Crippen LogP contribution in [0.4, 0.5) is 11.4 Å². The van der Waals surface area contributed by atoms with Crippen molar-refractivity contribution in [2.24, 2.45) is 0 Å². The van der Waals surface area contributed by atoms with Crippen molar-refractivity contribution < 1.29 is 14.1 Å². The molecule has 0 saturated carbocycles. The second-order valence-electron chi connectivity index (χ2n) is 5.33. The zero-order valence-electron chi connectivity index (χ0n) is 13.9. The Hall–Kier alpha value is -3.28. The van der Waals surface area contributed by atoms with E-state index in [2.05, 4.69) is 15.8 Å². The van der Waals surface area contributed by atoms with Crippen molar-refractivity contribution in [1.29, 1.82) is 0 Å². The van der Waals surface area contributed by atoms with Crippen molar-refractivity contribution in [3.8, 4) is 5.75 Å². The Morgan fingerprint density at radius 1 is 1.04 bits per heavy atom. The standard InChI is InChI=1S/C19H19N3O3/c1-2-24-18-9-7-16(8-10-18)21-19(23)14-3-5-15(6-4-14)20-13-17-11-12-25-22-17/h3-12,20H,2,13H2,1H3,(H,21,23). The average molecular weight is 337 g/mol. The Labute approximate surface area is 145 Å². The van der Waals surface area contributed by atoms with Crippen molar-refractivity contribution >= 4 is 17.3 Å². The van der Waals surface area contributed by atoms with Gasteiger partial charge in [0.1, 0.15) is 17.7 Å². The van der Waals surface area contributed by atoms with Crippen LogP contribution >= 0.6 is 0 Å². The maximum absolute atomic E-state index is 12.3. The van der Waals surface area contributed by atoms with Gasteiger partial charge in [-0.05, 0) is 55.5 Å². The summed E-state index contributed by atoms with van der Waals surface area (Å²) in [7, 11) is 0. The molecule has 3 aromatic rings. The number of amides is 1. The predicted molar refractivity (Wildman–Crippen MR) is 95.8 cm³/mol. The van der Waals surface area contributed by atoms with E-state index in [-0.39, 0.29) is 5.91 Å². The summed E-state index contributed by atoms with van der Waals surface area (Å²) in [5, 5.41) is 9.91. The van der Waals surface area contributed by atoms with Crippen LogP contribution in [0.15, 0.2) is 65.4 Å². The summed E-state index contributed by atoms with van der Waals surface area (Å²) in [6.07, 6.45) is 1.53. The van der Waals surface area contributed by atoms with E-state index in [1.165, 1.54) is 6.26 Å². The van der Waals surface area contributed by atoms with Gasteiger partial charge in [-0.1, -0.05) is 5.16 Å². The molecule has 128 valence electrons. The molecule has 6 nitrogen and oxygen atoms in total. The molecule has 0 fully saturated rings. The Balaban J connectivity index is 1.56. The molecular weight excluding hydrogens is 318 g/mol. The zero-order valence-corrected chi connectivity index (χ0v) is 13.9. The van der Waals surface area contributed by atoms with Crippen LogP contribution in [0.5, 0.6) is 5.75 Å². The van der Waals surface area contributed by atoms with E-state index in [0.717, 1.165) is 22.8 Å². The van der Waals surface area contributed by atoms with E-state index in [1.54, 1.807) is 18.2 Å². The maximum atomic E-state index is 12.3. The van der Waals surface area contributed by atoms with Crippen LogP contribution in [0, 0.1) is 0 Å². The van der Waals surface area contributed by atoms with Gasteiger partial charge in [0, 0.05) is 23.0 Å². The number of nitrogens with zero attached hydrogens (tertiary/aromatic N) is 1. The first kappa shape index (κ1) is 16.6. The van der Waals surface area contributed by atoms with Gasteiger partial charge in [-0.15, -0.1) is 0 Å². The summed E-state index contributed by atoms with van der Waals surface area (Å²) in [6, 6.07) is 16.3. The van der Waals surface area contributed by atoms with Crippen LogP contribution < -0.4 is 15.4 Å². The molecule has 3 rings (SSSR count). The molecule has 0 unspecified atom stereocenters. The number of aromatic nitrogens is 1. The molecule has 2 aromatic carbocycles. The van der Waals surface area contributed by atoms with Gasteiger partial charge in [0.25, 0.3) is 5.91 Å². The highest BCUT2D eigenvalue weighted by Gasteiger charge is 2.06. The van der Waals surface area contributed by atoms with Crippen molar-refractivity contribution in [1.82, 2.24) is 5.16 Å².